The monoisotopic (exact) mass is 412 g/mol. The highest BCUT2D eigenvalue weighted by atomic mass is 127. The largest absolute Gasteiger partial charge is 0.325 e. The van der Waals surface area contributed by atoms with Crippen molar-refractivity contribution in [3.8, 4) is 0 Å². The van der Waals surface area contributed by atoms with Gasteiger partial charge in [0.15, 0.2) is 0 Å². The van der Waals surface area contributed by atoms with E-state index in [1.54, 1.807) is 6.07 Å². The highest BCUT2D eigenvalue weighted by Gasteiger charge is 2.29. The zero-order valence-electron chi connectivity index (χ0n) is 9.07. The molecule has 1 rings (SSSR count). The molecule has 0 aliphatic rings. The standard InChI is InChI=1S/C9H11F2IN2O2S.ClH/c10-9(11,5-13)6-14-17(15,16)8-3-1-2-7(12)4-8;/h1-4,14H,5-6,13H2;1H. The minimum Gasteiger partial charge on any atom is -0.325 e. The van der Waals surface area contributed by atoms with Crippen LogP contribution in [0.5, 0.6) is 0 Å². The molecule has 0 radical (unpaired) electrons. The fraction of sp³-hybridized carbons (Fsp3) is 0.333. The second kappa shape index (κ2) is 6.94. The Balaban J connectivity index is 0.00000289. The summed E-state index contributed by atoms with van der Waals surface area (Å²) >= 11 is 1.94. The van der Waals surface area contributed by atoms with Crippen molar-refractivity contribution in [3.05, 3.63) is 27.8 Å². The number of sulfonamides is 1. The SMILES string of the molecule is Cl.NCC(F)(F)CNS(=O)(=O)c1cccc(I)c1. The van der Waals surface area contributed by atoms with E-state index >= 15 is 0 Å². The summed E-state index contributed by atoms with van der Waals surface area (Å²) in [5.41, 5.74) is 4.81. The quantitative estimate of drug-likeness (QED) is 0.722. The topological polar surface area (TPSA) is 72.2 Å². The first kappa shape index (κ1) is 18.0. The molecule has 0 heterocycles. The molecular weight excluding hydrogens is 401 g/mol. The summed E-state index contributed by atoms with van der Waals surface area (Å²) in [4.78, 5) is -0.0442. The van der Waals surface area contributed by atoms with Crippen LogP contribution in [-0.4, -0.2) is 27.4 Å². The number of halogens is 4. The van der Waals surface area contributed by atoms with Gasteiger partial charge in [0.05, 0.1) is 18.0 Å². The zero-order valence-corrected chi connectivity index (χ0v) is 12.9. The summed E-state index contributed by atoms with van der Waals surface area (Å²) in [7, 11) is -3.92. The van der Waals surface area contributed by atoms with E-state index in [1.165, 1.54) is 18.2 Å². The molecule has 0 atom stereocenters. The first-order valence-electron chi connectivity index (χ1n) is 4.60. The summed E-state index contributed by atoms with van der Waals surface area (Å²) < 4.78 is 51.5. The Hall–Kier alpha value is -0.0300. The highest BCUT2D eigenvalue weighted by molar-refractivity contribution is 14.1. The van der Waals surface area contributed by atoms with Gasteiger partial charge in [0.2, 0.25) is 10.0 Å². The molecule has 3 N–H and O–H groups in total. The first-order valence-corrected chi connectivity index (χ1v) is 7.16. The van der Waals surface area contributed by atoms with Gasteiger partial charge in [-0.05, 0) is 40.8 Å². The predicted octanol–water partition coefficient (Wildman–Crippen LogP) is 1.59. The van der Waals surface area contributed by atoms with Crippen molar-refractivity contribution in [3.63, 3.8) is 0 Å². The van der Waals surface area contributed by atoms with Crippen LogP contribution in [0.2, 0.25) is 0 Å². The molecule has 0 saturated heterocycles. The number of hydrogen-bond acceptors (Lipinski definition) is 3. The Morgan fingerprint density at radius 3 is 2.50 bits per heavy atom. The van der Waals surface area contributed by atoms with Crippen molar-refractivity contribution in [2.24, 2.45) is 5.73 Å². The average Bonchev–Trinajstić information content (AvgIpc) is 2.27. The third-order valence-corrected chi connectivity index (χ3v) is 4.00. The van der Waals surface area contributed by atoms with Crippen LogP contribution in [0.25, 0.3) is 0 Å². The molecule has 0 bridgehead atoms. The zero-order chi connectivity index (χ0) is 13.1. The number of rotatable bonds is 5. The van der Waals surface area contributed by atoms with Gasteiger partial charge in [-0.25, -0.2) is 21.9 Å². The summed E-state index contributed by atoms with van der Waals surface area (Å²) in [6, 6.07) is 5.97. The van der Waals surface area contributed by atoms with Crippen molar-refractivity contribution in [2.75, 3.05) is 13.1 Å². The van der Waals surface area contributed by atoms with Gasteiger partial charge in [0.25, 0.3) is 5.92 Å². The van der Waals surface area contributed by atoms with Crippen LogP contribution in [0.3, 0.4) is 0 Å². The van der Waals surface area contributed by atoms with Crippen molar-refractivity contribution >= 4 is 45.0 Å². The van der Waals surface area contributed by atoms with Gasteiger partial charge in [-0.1, -0.05) is 6.07 Å². The smallest absolute Gasteiger partial charge is 0.273 e. The van der Waals surface area contributed by atoms with Gasteiger partial charge in [-0.3, -0.25) is 0 Å². The van der Waals surface area contributed by atoms with Crippen molar-refractivity contribution in [2.45, 2.75) is 10.8 Å². The number of alkyl halides is 2. The number of nitrogens with one attached hydrogen (secondary N) is 1. The van der Waals surface area contributed by atoms with E-state index in [-0.39, 0.29) is 17.3 Å². The van der Waals surface area contributed by atoms with E-state index in [0.717, 1.165) is 0 Å². The third-order valence-electron chi connectivity index (χ3n) is 1.93. The predicted molar refractivity (Wildman–Crippen MR) is 75.6 cm³/mol. The van der Waals surface area contributed by atoms with Gasteiger partial charge in [-0.2, -0.15) is 0 Å². The van der Waals surface area contributed by atoms with Crippen LogP contribution in [0.15, 0.2) is 29.2 Å². The van der Waals surface area contributed by atoms with Crippen LogP contribution in [0.4, 0.5) is 8.78 Å². The molecule has 0 saturated carbocycles. The number of benzene rings is 1. The maximum atomic E-state index is 12.8. The summed E-state index contributed by atoms with van der Waals surface area (Å²) in [5.74, 6) is -3.24. The van der Waals surface area contributed by atoms with Crippen LogP contribution >= 0.6 is 35.0 Å². The Labute approximate surface area is 124 Å². The van der Waals surface area contributed by atoms with Gasteiger partial charge in [0.1, 0.15) is 0 Å². The third kappa shape index (κ3) is 5.31. The van der Waals surface area contributed by atoms with E-state index in [1.807, 2.05) is 27.3 Å². The molecule has 4 nitrogen and oxygen atoms in total. The molecule has 0 unspecified atom stereocenters. The maximum Gasteiger partial charge on any atom is 0.273 e. The second-order valence-electron chi connectivity index (χ2n) is 3.34. The minimum atomic E-state index is -3.92. The lowest BCUT2D eigenvalue weighted by molar-refractivity contribution is 0.0170. The van der Waals surface area contributed by atoms with E-state index < -0.39 is 29.0 Å². The van der Waals surface area contributed by atoms with E-state index in [2.05, 4.69) is 0 Å². The van der Waals surface area contributed by atoms with Crippen molar-refractivity contribution in [1.82, 2.24) is 4.72 Å². The normalized spacial score (nSPS) is 12.0. The van der Waals surface area contributed by atoms with E-state index in [4.69, 9.17) is 5.73 Å². The molecular formula is C9H12ClF2IN2O2S. The fourth-order valence-electron chi connectivity index (χ4n) is 0.990. The molecule has 0 fully saturated rings. The average molecular weight is 413 g/mol. The van der Waals surface area contributed by atoms with Gasteiger partial charge in [-0.15, -0.1) is 12.4 Å². The lowest BCUT2D eigenvalue weighted by Gasteiger charge is -2.14. The summed E-state index contributed by atoms with van der Waals surface area (Å²) in [6.07, 6.45) is 0. The second-order valence-corrected chi connectivity index (χ2v) is 6.35. The molecule has 0 amide bonds. The lowest BCUT2D eigenvalue weighted by Crippen LogP contribution is -2.41. The molecule has 0 aliphatic carbocycles. The first-order chi connectivity index (χ1) is 7.77. The van der Waals surface area contributed by atoms with Crippen LogP contribution in [0, 0.1) is 3.57 Å². The highest BCUT2D eigenvalue weighted by Crippen LogP contribution is 2.15. The Morgan fingerprint density at radius 2 is 2.00 bits per heavy atom. The van der Waals surface area contributed by atoms with Gasteiger partial charge >= 0.3 is 0 Å². The van der Waals surface area contributed by atoms with Crippen molar-refractivity contribution < 1.29 is 17.2 Å². The number of hydrogen-bond donors (Lipinski definition) is 2. The Kier molecular flexibility index (Phi) is 6.93. The number of nitrogens with two attached hydrogens (primary N) is 1. The van der Waals surface area contributed by atoms with E-state index in [0.29, 0.717) is 3.57 Å². The van der Waals surface area contributed by atoms with Crippen LogP contribution in [-0.2, 0) is 10.0 Å². The molecule has 0 aromatic heterocycles. The molecule has 9 heteroatoms. The molecule has 0 spiro atoms. The van der Waals surface area contributed by atoms with Crippen molar-refractivity contribution in [1.29, 1.82) is 0 Å². The molecule has 104 valence electrons. The van der Waals surface area contributed by atoms with Gasteiger partial charge in [0, 0.05) is 3.57 Å². The van der Waals surface area contributed by atoms with Crippen LogP contribution < -0.4 is 10.5 Å². The fourth-order valence-corrected chi connectivity index (χ4v) is 2.85. The molecule has 1 aromatic carbocycles. The Bertz CT molecular complexity index is 499. The Morgan fingerprint density at radius 1 is 1.39 bits per heavy atom. The van der Waals surface area contributed by atoms with Gasteiger partial charge < -0.3 is 5.73 Å². The molecule has 18 heavy (non-hydrogen) atoms. The summed E-state index contributed by atoms with van der Waals surface area (Å²) in [5, 5.41) is 0. The van der Waals surface area contributed by atoms with E-state index in [9.17, 15) is 17.2 Å². The maximum absolute atomic E-state index is 12.8. The minimum absolute atomic E-state index is 0. The molecule has 1 aromatic rings. The lowest BCUT2D eigenvalue weighted by atomic mass is 10.3. The summed E-state index contributed by atoms with van der Waals surface area (Å²) in [6.45, 7) is -1.90. The molecule has 0 aliphatic heterocycles. The van der Waals surface area contributed by atoms with Crippen LogP contribution in [0.1, 0.15) is 0 Å².